The minimum atomic E-state index is -0.521. The van der Waals surface area contributed by atoms with E-state index in [0.717, 1.165) is 5.56 Å². The summed E-state index contributed by atoms with van der Waals surface area (Å²) in [5, 5.41) is 11.1. The van der Waals surface area contributed by atoms with Crippen molar-refractivity contribution >= 4 is 23.3 Å². The highest BCUT2D eigenvalue weighted by Crippen LogP contribution is 2.24. The second-order valence-electron chi connectivity index (χ2n) is 6.44. The van der Waals surface area contributed by atoms with E-state index in [1.54, 1.807) is 12.1 Å². The first-order valence-corrected chi connectivity index (χ1v) is 7.77. The molecule has 0 spiro atoms. The summed E-state index contributed by atoms with van der Waals surface area (Å²) in [6, 6.07) is 11.2. The number of halogens is 1. The molecule has 2 rings (SSSR count). The van der Waals surface area contributed by atoms with E-state index in [0.29, 0.717) is 16.1 Å². The van der Waals surface area contributed by atoms with Gasteiger partial charge in [-0.2, -0.15) is 0 Å². The molecule has 0 saturated carbocycles. The SMILES string of the molecule is CC(C)(C)c1ccc(C(=O)OCc2cc([N+](=O)[O-])ccc2Cl)cc1. The van der Waals surface area contributed by atoms with Crippen molar-refractivity contribution in [2.75, 3.05) is 0 Å². The Hall–Kier alpha value is -2.40. The second-order valence-corrected chi connectivity index (χ2v) is 6.84. The van der Waals surface area contributed by atoms with Gasteiger partial charge in [0.15, 0.2) is 0 Å². The number of ether oxygens (including phenoxy) is 1. The lowest BCUT2D eigenvalue weighted by atomic mass is 9.87. The predicted molar refractivity (Wildman–Crippen MR) is 92.4 cm³/mol. The smallest absolute Gasteiger partial charge is 0.338 e. The van der Waals surface area contributed by atoms with Gasteiger partial charge in [-0.15, -0.1) is 0 Å². The number of non-ortho nitro benzene ring substituents is 1. The molecule has 0 fully saturated rings. The van der Waals surface area contributed by atoms with Crippen molar-refractivity contribution in [3.05, 3.63) is 74.3 Å². The highest BCUT2D eigenvalue weighted by atomic mass is 35.5. The van der Waals surface area contributed by atoms with Gasteiger partial charge in [-0.1, -0.05) is 44.5 Å². The van der Waals surface area contributed by atoms with Crippen LogP contribution < -0.4 is 0 Å². The Labute approximate surface area is 145 Å². The van der Waals surface area contributed by atoms with E-state index in [2.05, 4.69) is 20.8 Å². The molecular weight excluding hydrogens is 330 g/mol. The zero-order chi connectivity index (χ0) is 17.9. The molecule has 0 atom stereocenters. The van der Waals surface area contributed by atoms with Crippen molar-refractivity contribution in [3.63, 3.8) is 0 Å². The maximum Gasteiger partial charge on any atom is 0.338 e. The first kappa shape index (κ1) is 17.9. The molecule has 0 heterocycles. The van der Waals surface area contributed by atoms with Crippen molar-refractivity contribution in [1.82, 2.24) is 0 Å². The Morgan fingerprint density at radius 2 is 1.79 bits per heavy atom. The Kier molecular flexibility index (Phi) is 5.24. The molecule has 0 N–H and O–H groups in total. The van der Waals surface area contributed by atoms with Gasteiger partial charge >= 0.3 is 5.97 Å². The third-order valence-electron chi connectivity index (χ3n) is 3.59. The fourth-order valence-electron chi connectivity index (χ4n) is 2.12. The number of nitrogens with zero attached hydrogens (tertiary/aromatic N) is 1. The number of benzene rings is 2. The number of rotatable bonds is 4. The standard InChI is InChI=1S/C18H18ClNO4/c1-18(2,3)14-6-4-12(5-7-14)17(21)24-11-13-10-15(20(22)23)8-9-16(13)19/h4-10H,11H2,1-3H3. The van der Waals surface area contributed by atoms with Crippen LogP contribution in [0, 0.1) is 10.1 Å². The first-order chi connectivity index (χ1) is 11.2. The van der Waals surface area contributed by atoms with Crippen molar-refractivity contribution in [3.8, 4) is 0 Å². The van der Waals surface area contributed by atoms with Crippen LogP contribution in [0.1, 0.15) is 42.3 Å². The molecule has 0 aromatic heterocycles. The largest absolute Gasteiger partial charge is 0.457 e. The Morgan fingerprint density at radius 1 is 1.17 bits per heavy atom. The summed E-state index contributed by atoms with van der Waals surface area (Å²) in [5.74, 6) is -0.502. The molecule has 0 aliphatic heterocycles. The van der Waals surface area contributed by atoms with Crippen LogP contribution in [0.3, 0.4) is 0 Å². The second kappa shape index (κ2) is 7.01. The summed E-state index contributed by atoms with van der Waals surface area (Å²) in [5.41, 5.74) is 1.83. The van der Waals surface area contributed by atoms with Crippen molar-refractivity contribution < 1.29 is 14.5 Å². The zero-order valence-corrected chi connectivity index (χ0v) is 14.5. The van der Waals surface area contributed by atoms with E-state index in [1.165, 1.54) is 18.2 Å². The van der Waals surface area contributed by atoms with Crippen LogP contribution in [-0.4, -0.2) is 10.9 Å². The molecule has 2 aromatic carbocycles. The topological polar surface area (TPSA) is 69.4 Å². The van der Waals surface area contributed by atoms with Crippen LogP contribution in [0.4, 0.5) is 5.69 Å². The van der Waals surface area contributed by atoms with E-state index >= 15 is 0 Å². The maximum atomic E-state index is 12.1. The summed E-state index contributed by atoms with van der Waals surface area (Å²) < 4.78 is 5.21. The van der Waals surface area contributed by atoms with Crippen LogP contribution in [0.5, 0.6) is 0 Å². The average Bonchev–Trinajstić information content (AvgIpc) is 2.52. The van der Waals surface area contributed by atoms with Crippen molar-refractivity contribution in [1.29, 1.82) is 0 Å². The molecule has 2 aromatic rings. The molecule has 0 unspecified atom stereocenters. The highest BCUT2D eigenvalue weighted by molar-refractivity contribution is 6.31. The number of esters is 1. The maximum absolute atomic E-state index is 12.1. The molecule has 6 heteroatoms. The van der Waals surface area contributed by atoms with Gasteiger partial charge in [0.2, 0.25) is 0 Å². The monoisotopic (exact) mass is 347 g/mol. The van der Waals surface area contributed by atoms with Gasteiger partial charge in [0.25, 0.3) is 5.69 Å². The molecule has 0 radical (unpaired) electrons. The van der Waals surface area contributed by atoms with Gasteiger partial charge in [0.05, 0.1) is 10.5 Å². The van der Waals surface area contributed by atoms with Crippen LogP contribution in [0.2, 0.25) is 5.02 Å². The number of nitro groups is 1. The summed E-state index contributed by atoms with van der Waals surface area (Å²) in [4.78, 5) is 22.4. The Morgan fingerprint density at radius 3 is 2.33 bits per heavy atom. The van der Waals surface area contributed by atoms with Crippen LogP contribution in [-0.2, 0) is 16.8 Å². The predicted octanol–water partition coefficient (Wildman–Crippen LogP) is 4.90. The van der Waals surface area contributed by atoms with Gasteiger partial charge in [-0.3, -0.25) is 10.1 Å². The minimum absolute atomic E-state index is 0.00106. The summed E-state index contributed by atoms with van der Waals surface area (Å²) in [6.45, 7) is 6.14. The quantitative estimate of drug-likeness (QED) is 0.448. The Balaban J connectivity index is 2.08. The summed E-state index contributed by atoms with van der Waals surface area (Å²) in [6.07, 6.45) is 0. The Bertz CT molecular complexity index is 764. The van der Waals surface area contributed by atoms with E-state index in [-0.39, 0.29) is 17.7 Å². The highest BCUT2D eigenvalue weighted by Gasteiger charge is 2.16. The first-order valence-electron chi connectivity index (χ1n) is 7.39. The van der Waals surface area contributed by atoms with Crippen LogP contribution in [0.15, 0.2) is 42.5 Å². The average molecular weight is 348 g/mol. The van der Waals surface area contributed by atoms with E-state index in [9.17, 15) is 14.9 Å². The van der Waals surface area contributed by atoms with Crippen LogP contribution in [0.25, 0.3) is 0 Å². The lowest BCUT2D eigenvalue weighted by Crippen LogP contribution is -2.12. The van der Waals surface area contributed by atoms with E-state index in [4.69, 9.17) is 16.3 Å². The van der Waals surface area contributed by atoms with Gasteiger partial charge in [-0.25, -0.2) is 4.79 Å². The van der Waals surface area contributed by atoms with Crippen LogP contribution >= 0.6 is 11.6 Å². The van der Waals surface area contributed by atoms with Gasteiger partial charge in [0, 0.05) is 22.7 Å². The molecule has 0 bridgehead atoms. The van der Waals surface area contributed by atoms with Crippen molar-refractivity contribution in [2.45, 2.75) is 32.8 Å². The summed E-state index contributed by atoms with van der Waals surface area (Å²) >= 11 is 5.99. The zero-order valence-electron chi connectivity index (χ0n) is 13.7. The summed E-state index contributed by atoms with van der Waals surface area (Å²) in [7, 11) is 0. The molecule has 126 valence electrons. The minimum Gasteiger partial charge on any atom is -0.457 e. The van der Waals surface area contributed by atoms with Crippen molar-refractivity contribution in [2.24, 2.45) is 0 Å². The lowest BCUT2D eigenvalue weighted by Gasteiger charge is -2.18. The third kappa shape index (κ3) is 4.32. The molecule has 5 nitrogen and oxygen atoms in total. The molecule has 0 aliphatic rings. The molecule has 0 saturated heterocycles. The molecule has 0 aliphatic carbocycles. The lowest BCUT2D eigenvalue weighted by molar-refractivity contribution is -0.384. The molecular formula is C18H18ClNO4. The van der Waals surface area contributed by atoms with E-state index < -0.39 is 10.9 Å². The fourth-order valence-corrected chi connectivity index (χ4v) is 2.29. The number of hydrogen-bond acceptors (Lipinski definition) is 4. The fraction of sp³-hybridized carbons (Fsp3) is 0.278. The number of carbonyl (C=O) groups is 1. The van der Waals surface area contributed by atoms with Gasteiger partial charge in [0.1, 0.15) is 6.61 Å². The number of hydrogen-bond donors (Lipinski definition) is 0. The third-order valence-corrected chi connectivity index (χ3v) is 3.95. The van der Waals surface area contributed by atoms with E-state index in [1.807, 2.05) is 12.1 Å². The van der Waals surface area contributed by atoms with Gasteiger partial charge < -0.3 is 4.74 Å². The number of carbonyl (C=O) groups excluding carboxylic acids is 1. The molecule has 0 amide bonds. The van der Waals surface area contributed by atoms with Gasteiger partial charge in [-0.05, 0) is 29.2 Å². The number of nitro benzene ring substituents is 1. The normalized spacial score (nSPS) is 11.2. The molecule has 24 heavy (non-hydrogen) atoms.